The Balaban J connectivity index is 1.63. The first kappa shape index (κ1) is 12.9. The van der Waals surface area contributed by atoms with Crippen molar-refractivity contribution < 1.29 is 9.78 Å². The van der Waals surface area contributed by atoms with Crippen LogP contribution in [0.5, 0.6) is 0 Å². The van der Waals surface area contributed by atoms with Crippen LogP contribution in [0.2, 0.25) is 0 Å². The Bertz CT molecular complexity index is 302. The van der Waals surface area contributed by atoms with Crippen LogP contribution in [-0.2, 0) is 9.78 Å². The van der Waals surface area contributed by atoms with E-state index in [0.29, 0.717) is 5.41 Å². The highest BCUT2D eigenvalue weighted by molar-refractivity contribution is 5.00. The molecule has 3 aliphatic rings. The van der Waals surface area contributed by atoms with E-state index in [1.807, 2.05) is 0 Å². The van der Waals surface area contributed by atoms with Gasteiger partial charge in [0.1, 0.15) is 11.2 Å². The van der Waals surface area contributed by atoms with Crippen molar-refractivity contribution in [2.45, 2.75) is 89.8 Å². The molecule has 0 unspecified atom stereocenters. The van der Waals surface area contributed by atoms with Crippen LogP contribution in [-0.4, -0.2) is 11.2 Å². The highest BCUT2D eigenvalue weighted by atomic mass is 17.2. The fraction of sp³-hybridized carbons (Fsp3) is 1.00. The van der Waals surface area contributed by atoms with E-state index in [1.165, 1.54) is 51.4 Å². The van der Waals surface area contributed by atoms with E-state index >= 15 is 0 Å². The Hall–Kier alpha value is -0.0800. The van der Waals surface area contributed by atoms with E-state index in [0.717, 1.165) is 12.3 Å². The van der Waals surface area contributed by atoms with E-state index in [4.69, 9.17) is 9.78 Å². The highest BCUT2D eigenvalue weighted by Gasteiger charge is 2.54. The molecule has 2 saturated carbocycles. The lowest BCUT2D eigenvalue weighted by Crippen LogP contribution is -2.38. The molecule has 0 atom stereocenters. The lowest BCUT2D eigenvalue weighted by molar-refractivity contribution is -0.354. The van der Waals surface area contributed by atoms with Crippen molar-refractivity contribution in [3.63, 3.8) is 0 Å². The average molecular weight is 252 g/mol. The van der Waals surface area contributed by atoms with Gasteiger partial charge >= 0.3 is 0 Å². The first-order chi connectivity index (χ1) is 8.43. The molecule has 1 heterocycles. The largest absolute Gasteiger partial charge is 0.229 e. The van der Waals surface area contributed by atoms with Gasteiger partial charge in [-0.3, -0.25) is 0 Å². The first-order valence-electron chi connectivity index (χ1n) is 7.80. The molecule has 2 heteroatoms. The van der Waals surface area contributed by atoms with Gasteiger partial charge in [-0.25, -0.2) is 9.78 Å². The maximum Gasteiger partial charge on any atom is 0.106 e. The molecule has 3 fully saturated rings. The second kappa shape index (κ2) is 4.21. The molecule has 2 nitrogen and oxygen atoms in total. The van der Waals surface area contributed by atoms with Gasteiger partial charge in [0.15, 0.2) is 0 Å². The molecular weight excluding hydrogens is 224 g/mol. The van der Waals surface area contributed by atoms with E-state index in [-0.39, 0.29) is 11.2 Å². The van der Waals surface area contributed by atoms with Crippen LogP contribution in [0, 0.1) is 11.3 Å². The summed E-state index contributed by atoms with van der Waals surface area (Å²) in [6.45, 7) is 7.13. The lowest BCUT2D eigenvalue weighted by Gasteiger charge is -2.40. The molecule has 2 aliphatic carbocycles. The predicted octanol–water partition coefficient (Wildman–Crippen LogP) is 4.63. The van der Waals surface area contributed by atoms with E-state index in [2.05, 4.69) is 20.8 Å². The zero-order valence-corrected chi connectivity index (χ0v) is 12.3. The Morgan fingerprint density at radius 2 is 1.33 bits per heavy atom. The molecular formula is C16H28O2. The topological polar surface area (TPSA) is 18.5 Å². The van der Waals surface area contributed by atoms with Crippen molar-refractivity contribution in [3.05, 3.63) is 0 Å². The molecule has 0 aromatic heterocycles. The second-order valence-electron chi connectivity index (χ2n) is 8.06. The minimum Gasteiger partial charge on any atom is -0.229 e. The summed E-state index contributed by atoms with van der Waals surface area (Å²) < 4.78 is 0. The molecule has 1 aliphatic heterocycles. The average Bonchev–Trinajstić information content (AvgIpc) is 2.88. The van der Waals surface area contributed by atoms with Crippen LogP contribution in [0.4, 0.5) is 0 Å². The number of hydrogen-bond donors (Lipinski definition) is 0. The van der Waals surface area contributed by atoms with Gasteiger partial charge in [-0.2, -0.15) is 0 Å². The second-order valence-corrected chi connectivity index (χ2v) is 8.06. The zero-order valence-electron chi connectivity index (χ0n) is 12.3. The standard InChI is InChI=1S/C16H28O2/c1-14(2,3)13-6-10-16(11-7-13)12-15(17-18-16)8-4-5-9-15/h13H,4-12H2,1-3H3. The zero-order chi connectivity index (χ0) is 12.9. The minimum absolute atomic E-state index is 0.0755. The molecule has 3 rings (SSSR count). The summed E-state index contributed by atoms with van der Waals surface area (Å²) in [6.07, 6.45) is 11.3. The van der Waals surface area contributed by atoms with Crippen LogP contribution >= 0.6 is 0 Å². The van der Waals surface area contributed by atoms with Crippen molar-refractivity contribution in [2.75, 3.05) is 0 Å². The van der Waals surface area contributed by atoms with Crippen molar-refractivity contribution in [3.8, 4) is 0 Å². The lowest BCUT2D eigenvalue weighted by atomic mass is 9.66. The van der Waals surface area contributed by atoms with Gasteiger partial charge in [0.05, 0.1) is 0 Å². The summed E-state index contributed by atoms with van der Waals surface area (Å²) in [5.74, 6) is 0.854. The third-order valence-electron chi connectivity index (χ3n) is 5.68. The maximum atomic E-state index is 5.88. The van der Waals surface area contributed by atoms with Crippen molar-refractivity contribution in [1.82, 2.24) is 0 Å². The molecule has 0 aromatic rings. The van der Waals surface area contributed by atoms with Crippen LogP contribution in [0.15, 0.2) is 0 Å². The fourth-order valence-corrected chi connectivity index (χ4v) is 4.37. The molecule has 18 heavy (non-hydrogen) atoms. The molecule has 1 saturated heterocycles. The third kappa shape index (κ3) is 2.22. The quantitative estimate of drug-likeness (QED) is 0.585. The fourth-order valence-electron chi connectivity index (χ4n) is 4.37. The van der Waals surface area contributed by atoms with Crippen LogP contribution in [0.3, 0.4) is 0 Å². The van der Waals surface area contributed by atoms with Crippen LogP contribution < -0.4 is 0 Å². The summed E-state index contributed by atoms with van der Waals surface area (Å²) in [5, 5.41) is 0. The normalized spacial score (nSPS) is 39.8. The van der Waals surface area contributed by atoms with Gasteiger partial charge in [0.25, 0.3) is 0 Å². The molecule has 2 spiro atoms. The molecule has 0 amide bonds. The van der Waals surface area contributed by atoms with E-state index < -0.39 is 0 Å². The van der Waals surface area contributed by atoms with Gasteiger partial charge in [0.2, 0.25) is 0 Å². The van der Waals surface area contributed by atoms with E-state index in [1.54, 1.807) is 0 Å². The smallest absolute Gasteiger partial charge is 0.106 e. The minimum atomic E-state index is 0.0755. The van der Waals surface area contributed by atoms with Crippen molar-refractivity contribution in [2.24, 2.45) is 11.3 Å². The Morgan fingerprint density at radius 1 is 0.833 bits per heavy atom. The first-order valence-corrected chi connectivity index (χ1v) is 7.80. The predicted molar refractivity (Wildman–Crippen MR) is 72.1 cm³/mol. The van der Waals surface area contributed by atoms with Gasteiger partial charge in [-0.15, -0.1) is 0 Å². The van der Waals surface area contributed by atoms with Gasteiger partial charge in [0, 0.05) is 6.42 Å². The Morgan fingerprint density at radius 3 is 1.83 bits per heavy atom. The number of rotatable bonds is 0. The van der Waals surface area contributed by atoms with Crippen molar-refractivity contribution in [1.29, 1.82) is 0 Å². The number of hydrogen-bond acceptors (Lipinski definition) is 2. The summed E-state index contributed by atoms with van der Waals surface area (Å²) in [5.41, 5.74) is 0.632. The SMILES string of the molecule is CC(C)(C)C1CCC2(CC1)CC1(CCCC1)OO2. The summed E-state index contributed by atoms with van der Waals surface area (Å²) >= 11 is 0. The summed E-state index contributed by atoms with van der Waals surface area (Å²) in [4.78, 5) is 11.7. The molecule has 0 aromatic carbocycles. The summed E-state index contributed by atoms with van der Waals surface area (Å²) in [6, 6.07) is 0. The molecule has 0 radical (unpaired) electrons. The van der Waals surface area contributed by atoms with Gasteiger partial charge in [-0.1, -0.05) is 33.6 Å². The summed E-state index contributed by atoms with van der Waals surface area (Å²) in [7, 11) is 0. The van der Waals surface area contributed by atoms with Crippen LogP contribution in [0.25, 0.3) is 0 Å². The molecule has 0 bridgehead atoms. The van der Waals surface area contributed by atoms with Crippen molar-refractivity contribution >= 4 is 0 Å². The molecule has 104 valence electrons. The van der Waals surface area contributed by atoms with Gasteiger partial charge in [-0.05, 0) is 49.9 Å². The van der Waals surface area contributed by atoms with Gasteiger partial charge < -0.3 is 0 Å². The third-order valence-corrected chi connectivity index (χ3v) is 5.68. The molecule has 0 N–H and O–H groups in total. The Kier molecular flexibility index (Phi) is 3.02. The highest BCUT2D eigenvalue weighted by Crippen LogP contribution is 2.53. The maximum absolute atomic E-state index is 5.88. The Labute approximate surface area is 111 Å². The van der Waals surface area contributed by atoms with Crippen LogP contribution in [0.1, 0.15) is 78.6 Å². The van der Waals surface area contributed by atoms with E-state index in [9.17, 15) is 0 Å². The monoisotopic (exact) mass is 252 g/mol.